The SMILES string of the molecule is Cc1cc(-c2cccc(C(=O)O)n2)n[nH]1. The molecule has 0 aliphatic heterocycles. The molecule has 0 amide bonds. The predicted molar refractivity (Wildman–Crippen MR) is 53.5 cm³/mol. The molecule has 2 aromatic heterocycles. The van der Waals surface area contributed by atoms with Gasteiger partial charge >= 0.3 is 5.97 Å². The van der Waals surface area contributed by atoms with E-state index in [1.807, 2.05) is 13.0 Å². The zero-order valence-electron chi connectivity index (χ0n) is 8.06. The van der Waals surface area contributed by atoms with Crippen LogP contribution in [0.1, 0.15) is 16.2 Å². The number of hydrogen-bond donors (Lipinski definition) is 2. The Morgan fingerprint density at radius 3 is 2.80 bits per heavy atom. The molecule has 2 N–H and O–H groups in total. The van der Waals surface area contributed by atoms with Crippen LogP contribution in [0.2, 0.25) is 0 Å². The fraction of sp³-hybridized carbons (Fsp3) is 0.100. The summed E-state index contributed by atoms with van der Waals surface area (Å²) in [6.45, 7) is 1.87. The number of H-pyrrole nitrogens is 1. The van der Waals surface area contributed by atoms with E-state index < -0.39 is 5.97 Å². The van der Waals surface area contributed by atoms with Crippen LogP contribution >= 0.6 is 0 Å². The third-order valence-corrected chi connectivity index (χ3v) is 1.94. The van der Waals surface area contributed by atoms with E-state index in [-0.39, 0.29) is 5.69 Å². The van der Waals surface area contributed by atoms with Gasteiger partial charge in [-0.25, -0.2) is 9.78 Å². The van der Waals surface area contributed by atoms with Crippen molar-refractivity contribution in [3.8, 4) is 11.4 Å². The van der Waals surface area contributed by atoms with Gasteiger partial charge in [0.05, 0.1) is 5.69 Å². The van der Waals surface area contributed by atoms with Crippen molar-refractivity contribution in [1.82, 2.24) is 15.2 Å². The second kappa shape index (κ2) is 3.53. The molecule has 0 radical (unpaired) electrons. The van der Waals surface area contributed by atoms with E-state index >= 15 is 0 Å². The van der Waals surface area contributed by atoms with Gasteiger partial charge in [0.15, 0.2) is 0 Å². The summed E-state index contributed by atoms with van der Waals surface area (Å²) >= 11 is 0. The van der Waals surface area contributed by atoms with Crippen LogP contribution in [0.4, 0.5) is 0 Å². The lowest BCUT2D eigenvalue weighted by Crippen LogP contribution is -2.00. The second-order valence-electron chi connectivity index (χ2n) is 3.15. The Morgan fingerprint density at radius 1 is 1.40 bits per heavy atom. The van der Waals surface area contributed by atoms with Crippen molar-refractivity contribution in [2.45, 2.75) is 6.92 Å². The smallest absolute Gasteiger partial charge is 0.354 e. The van der Waals surface area contributed by atoms with Gasteiger partial charge in [-0.2, -0.15) is 5.10 Å². The lowest BCUT2D eigenvalue weighted by atomic mass is 10.2. The standard InChI is InChI=1S/C10H9N3O2/c1-6-5-9(13-12-6)7-3-2-4-8(11-7)10(14)15/h2-5H,1H3,(H,12,13)(H,14,15). The van der Waals surface area contributed by atoms with E-state index in [0.717, 1.165) is 5.69 Å². The molecular formula is C10H9N3O2. The lowest BCUT2D eigenvalue weighted by Gasteiger charge is -1.97. The highest BCUT2D eigenvalue weighted by Gasteiger charge is 2.08. The summed E-state index contributed by atoms with van der Waals surface area (Å²) in [5.41, 5.74) is 2.13. The molecule has 0 saturated carbocycles. The summed E-state index contributed by atoms with van der Waals surface area (Å²) in [7, 11) is 0. The third kappa shape index (κ3) is 1.85. The Hall–Kier alpha value is -2.17. The highest BCUT2D eigenvalue weighted by molar-refractivity contribution is 5.85. The zero-order chi connectivity index (χ0) is 10.8. The van der Waals surface area contributed by atoms with Crippen molar-refractivity contribution < 1.29 is 9.90 Å². The summed E-state index contributed by atoms with van der Waals surface area (Å²) < 4.78 is 0. The fourth-order valence-electron chi connectivity index (χ4n) is 1.25. The molecule has 0 fully saturated rings. The number of carboxylic acid groups (broad SMARTS) is 1. The van der Waals surface area contributed by atoms with Crippen LogP contribution in [-0.4, -0.2) is 26.3 Å². The van der Waals surface area contributed by atoms with Gasteiger partial charge < -0.3 is 5.11 Å². The monoisotopic (exact) mass is 203 g/mol. The molecule has 0 bridgehead atoms. The van der Waals surface area contributed by atoms with Crippen LogP contribution in [0, 0.1) is 6.92 Å². The van der Waals surface area contributed by atoms with Gasteiger partial charge in [0.25, 0.3) is 0 Å². The number of aromatic carboxylic acids is 1. The molecule has 0 atom stereocenters. The molecule has 76 valence electrons. The van der Waals surface area contributed by atoms with E-state index in [2.05, 4.69) is 15.2 Å². The molecule has 2 rings (SSSR count). The van der Waals surface area contributed by atoms with Crippen LogP contribution < -0.4 is 0 Å². The molecule has 0 unspecified atom stereocenters. The van der Waals surface area contributed by atoms with Crippen molar-refractivity contribution in [2.24, 2.45) is 0 Å². The molecular weight excluding hydrogens is 194 g/mol. The maximum atomic E-state index is 10.7. The number of aromatic nitrogens is 3. The minimum Gasteiger partial charge on any atom is -0.477 e. The Labute approximate surface area is 85.8 Å². The van der Waals surface area contributed by atoms with Crippen molar-refractivity contribution in [3.05, 3.63) is 35.7 Å². The number of nitrogens with zero attached hydrogens (tertiary/aromatic N) is 2. The minimum atomic E-state index is -1.04. The number of hydrogen-bond acceptors (Lipinski definition) is 3. The topological polar surface area (TPSA) is 78.9 Å². The van der Waals surface area contributed by atoms with E-state index in [1.165, 1.54) is 6.07 Å². The third-order valence-electron chi connectivity index (χ3n) is 1.94. The maximum Gasteiger partial charge on any atom is 0.354 e. The van der Waals surface area contributed by atoms with E-state index in [9.17, 15) is 4.79 Å². The molecule has 5 heteroatoms. The predicted octanol–water partition coefficient (Wildman–Crippen LogP) is 1.48. The molecule has 0 aliphatic rings. The first-order chi connectivity index (χ1) is 7.16. The fourth-order valence-corrected chi connectivity index (χ4v) is 1.25. The summed E-state index contributed by atoms with van der Waals surface area (Å²) in [6.07, 6.45) is 0. The van der Waals surface area contributed by atoms with Gasteiger partial charge in [0, 0.05) is 5.69 Å². The highest BCUT2D eigenvalue weighted by Crippen LogP contribution is 2.14. The van der Waals surface area contributed by atoms with Crippen molar-refractivity contribution in [2.75, 3.05) is 0 Å². The van der Waals surface area contributed by atoms with Crippen LogP contribution in [0.3, 0.4) is 0 Å². The Kier molecular flexibility index (Phi) is 2.21. The Morgan fingerprint density at radius 2 is 2.20 bits per heavy atom. The molecule has 5 nitrogen and oxygen atoms in total. The van der Waals surface area contributed by atoms with Crippen LogP contribution in [-0.2, 0) is 0 Å². The van der Waals surface area contributed by atoms with Crippen LogP contribution in [0.25, 0.3) is 11.4 Å². The first kappa shape index (κ1) is 9.39. The highest BCUT2D eigenvalue weighted by atomic mass is 16.4. The quantitative estimate of drug-likeness (QED) is 0.774. The maximum absolute atomic E-state index is 10.7. The molecule has 0 saturated heterocycles. The van der Waals surface area contributed by atoms with Crippen molar-refractivity contribution in [3.63, 3.8) is 0 Å². The molecule has 0 aliphatic carbocycles. The summed E-state index contributed by atoms with van der Waals surface area (Å²) in [5.74, 6) is -1.04. The average molecular weight is 203 g/mol. The number of nitrogens with one attached hydrogen (secondary N) is 1. The normalized spacial score (nSPS) is 10.2. The number of carboxylic acids is 1. The summed E-state index contributed by atoms with van der Waals surface area (Å²) in [4.78, 5) is 14.7. The first-order valence-electron chi connectivity index (χ1n) is 4.39. The van der Waals surface area contributed by atoms with E-state index in [0.29, 0.717) is 11.4 Å². The average Bonchev–Trinajstić information content (AvgIpc) is 2.65. The number of rotatable bonds is 2. The van der Waals surface area contributed by atoms with Crippen LogP contribution in [0.15, 0.2) is 24.3 Å². The molecule has 2 heterocycles. The van der Waals surface area contributed by atoms with Gasteiger partial charge in [-0.1, -0.05) is 6.07 Å². The van der Waals surface area contributed by atoms with Crippen molar-refractivity contribution in [1.29, 1.82) is 0 Å². The molecule has 0 aromatic carbocycles. The molecule has 0 spiro atoms. The number of pyridine rings is 1. The number of aryl methyl sites for hydroxylation is 1. The van der Waals surface area contributed by atoms with Crippen LogP contribution in [0.5, 0.6) is 0 Å². The largest absolute Gasteiger partial charge is 0.477 e. The van der Waals surface area contributed by atoms with Gasteiger partial charge in [0.1, 0.15) is 11.4 Å². The number of carbonyl (C=O) groups is 1. The Balaban J connectivity index is 2.45. The first-order valence-corrected chi connectivity index (χ1v) is 4.39. The van der Waals surface area contributed by atoms with E-state index in [1.54, 1.807) is 12.1 Å². The number of aromatic amines is 1. The second-order valence-corrected chi connectivity index (χ2v) is 3.15. The minimum absolute atomic E-state index is 0.0214. The lowest BCUT2D eigenvalue weighted by molar-refractivity contribution is 0.0690. The van der Waals surface area contributed by atoms with Crippen molar-refractivity contribution >= 4 is 5.97 Å². The Bertz CT molecular complexity index is 505. The summed E-state index contributed by atoms with van der Waals surface area (Å²) in [5, 5.41) is 15.6. The van der Waals surface area contributed by atoms with Gasteiger partial charge in [0.2, 0.25) is 0 Å². The van der Waals surface area contributed by atoms with Gasteiger partial charge in [-0.05, 0) is 25.1 Å². The summed E-state index contributed by atoms with van der Waals surface area (Å²) in [6, 6.07) is 6.64. The van der Waals surface area contributed by atoms with E-state index in [4.69, 9.17) is 5.11 Å². The van der Waals surface area contributed by atoms with Gasteiger partial charge in [-0.3, -0.25) is 5.10 Å². The zero-order valence-corrected chi connectivity index (χ0v) is 8.06. The molecule has 15 heavy (non-hydrogen) atoms. The molecule has 2 aromatic rings. The van der Waals surface area contributed by atoms with Gasteiger partial charge in [-0.15, -0.1) is 0 Å².